The summed E-state index contributed by atoms with van der Waals surface area (Å²) in [5.74, 6) is 1.60. The Balaban J connectivity index is 2.01. The molecule has 4 nitrogen and oxygen atoms in total. The lowest BCUT2D eigenvalue weighted by atomic mass is 9.98. The summed E-state index contributed by atoms with van der Waals surface area (Å²) in [6.07, 6.45) is 1.06. The molecule has 0 fully saturated rings. The van der Waals surface area contributed by atoms with E-state index in [2.05, 4.69) is 19.2 Å². The summed E-state index contributed by atoms with van der Waals surface area (Å²) in [6, 6.07) is 15.3. The van der Waals surface area contributed by atoms with Gasteiger partial charge in [0, 0.05) is 0 Å². The molecule has 0 aliphatic carbocycles. The molecule has 0 saturated heterocycles. The van der Waals surface area contributed by atoms with Gasteiger partial charge >= 0.3 is 0 Å². The van der Waals surface area contributed by atoms with Crippen LogP contribution in [0.25, 0.3) is 0 Å². The molecule has 1 N–H and O–H groups in total. The summed E-state index contributed by atoms with van der Waals surface area (Å²) < 4.78 is 11.5. The van der Waals surface area contributed by atoms with Gasteiger partial charge < -0.3 is 14.8 Å². The molecule has 0 spiro atoms. The van der Waals surface area contributed by atoms with E-state index in [4.69, 9.17) is 9.47 Å². The molecule has 4 heteroatoms. The van der Waals surface area contributed by atoms with E-state index in [1.54, 1.807) is 0 Å². The lowest BCUT2D eigenvalue weighted by Gasteiger charge is -2.17. The number of carbonyl (C=O) groups excluding carboxylic acids is 1. The van der Waals surface area contributed by atoms with Crippen LogP contribution < -0.4 is 14.8 Å². The minimum Gasteiger partial charge on any atom is -0.489 e. The van der Waals surface area contributed by atoms with Gasteiger partial charge in [-0.3, -0.25) is 4.79 Å². The van der Waals surface area contributed by atoms with Crippen molar-refractivity contribution in [2.75, 3.05) is 11.9 Å². The Morgan fingerprint density at radius 3 is 2.32 bits per heavy atom. The summed E-state index contributed by atoms with van der Waals surface area (Å²) in [5.41, 5.74) is 1.78. The second-order valence-electron chi connectivity index (χ2n) is 6.35. The highest BCUT2D eigenvalue weighted by Crippen LogP contribution is 2.28. The maximum absolute atomic E-state index is 12.3. The summed E-state index contributed by atoms with van der Waals surface area (Å²) in [6.45, 7) is 8.16. The largest absolute Gasteiger partial charge is 0.489 e. The van der Waals surface area contributed by atoms with E-state index < -0.39 is 0 Å². The Bertz CT molecular complexity index is 697. The molecule has 134 valence electrons. The van der Waals surface area contributed by atoms with Gasteiger partial charge in [0.25, 0.3) is 5.91 Å². The standard InChI is InChI=1S/C21H27NO3/c1-5-16(4)17-10-6-8-12-19(17)24-14-21(23)22-18-11-7-9-13-20(18)25-15(2)3/h6-13,15-16H,5,14H2,1-4H3,(H,22,23). The number of nitrogens with one attached hydrogen (secondary N) is 1. The SMILES string of the molecule is CCC(C)c1ccccc1OCC(=O)Nc1ccccc1OC(C)C. The van der Waals surface area contributed by atoms with E-state index in [0.29, 0.717) is 17.4 Å². The third-order valence-electron chi connectivity index (χ3n) is 3.94. The second-order valence-corrected chi connectivity index (χ2v) is 6.35. The fourth-order valence-electron chi connectivity index (χ4n) is 2.50. The average Bonchev–Trinajstić information content (AvgIpc) is 2.61. The Hall–Kier alpha value is -2.49. The zero-order valence-electron chi connectivity index (χ0n) is 15.4. The van der Waals surface area contributed by atoms with E-state index in [-0.39, 0.29) is 18.6 Å². The van der Waals surface area contributed by atoms with Crippen molar-refractivity contribution in [2.24, 2.45) is 0 Å². The van der Waals surface area contributed by atoms with Crippen molar-refractivity contribution in [3.63, 3.8) is 0 Å². The first kappa shape index (κ1) is 18.8. The molecular weight excluding hydrogens is 314 g/mol. The van der Waals surface area contributed by atoms with Gasteiger partial charge in [0.1, 0.15) is 11.5 Å². The molecule has 25 heavy (non-hydrogen) atoms. The molecule has 0 aliphatic heterocycles. The van der Waals surface area contributed by atoms with Gasteiger partial charge in [0.05, 0.1) is 11.8 Å². The highest BCUT2D eigenvalue weighted by Gasteiger charge is 2.13. The van der Waals surface area contributed by atoms with E-state index >= 15 is 0 Å². The molecule has 0 heterocycles. The summed E-state index contributed by atoms with van der Waals surface area (Å²) in [4.78, 5) is 12.3. The van der Waals surface area contributed by atoms with Crippen LogP contribution >= 0.6 is 0 Å². The van der Waals surface area contributed by atoms with E-state index in [0.717, 1.165) is 17.7 Å². The molecule has 0 aromatic heterocycles. The van der Waals surface area contributed by atoms with Crippen molar-refractivity contribution in [2.45, 2.75) is 46.1 Å². The van der Waals surface area contributed by atoms with E-state index in [1.807, 2.05) is 62.4 Å². The van der Waals surface area contributed by atoms with Crippen molar-refractivity contribution in [1.82, 2.24) is 0 Å². The number of benzene rings is 2. The maximum atomic E-state index is 12.3. The van der Waals surface area contributed by atoms with Gasteiger partial charge in [-0.25, -0.2) is 0 Å². The van der Waals surface area contributed by atoms with Crippen LogP contribution in [0.3, 0.4) is 0 Å². The number of rotatable bonds is 8. The number of ether oxygens (including phenoxy) is 2. The first-order chi connectivity index (χ1) is 12.0. The van der Waals surface area contributed by atoms with Gasteiger partial charge in [-0.05, 0) is 49.9 Å². The number of hydrogen-bond donors (Lipinski definition) is 1. The van der Waals surface area contributed by atoms with Crippen molar-refractivity contribution in [1.29, 1.82) is 0 Å². The number of para-hydroxylation sites is 3. The summed E-state index contributed by atoms with van der Waals surface area (Å²) in [5, 5.41) is 2.86. The Morgan fingerprint density at radius 2 is 1.64 bits per heavy atom. The first-order valence-electron chi connectivity index (χ1n) is 8.78. The maximum Gasteiger partial charge on any atom is 0.262 e. The fraction of sp³-hybridized carbons (Fsp3) is 0.381. The number of hydrogen-bond acceptors (Lipinski definition) is 3. The van der Waals surface area contributed by atoms with Crippen molar-refractivity contribution >= 4 is 11.6 Å². The fourth-order valence-corrected chi connectivity index (χ4v) is 2.50. The van der Waals surface area contributed by atoms with Crippen LogP contribution in [0, 0.1) is 0 Å². The first-order valence-corrected chi connectivity index (χ1v) is 8.78. The van der Waals surface area contributed by atoms with Crippen molar-refractivity contribution in [3.05, 3.63) is 54.1 Å². The lowest BCUT2D eigenvalue weighted by Crippen LogP contribution is -2.21. The van der Waals surface area contributed by atoms with Crippen molar-refractivity contribution in [3.8, 4) is 11.5 Å². The van der Waals surface area contributed by atoms with Gasteiger partial charge in [-0.1, -0.05) is 44.2 Å². The van der Waals surface area contributed by atoms with Gasteiger partial charge in [-0.15, -0.1) is 0 Å². The third-order valence-corrected chi connectivity index (χ3v) is 3.94. The summed E-state index contributed by atoms with van der Waals surface area (Å²) in [7, 11) is 0. The van der Waals surface area contributed by atoms with E-state index in [1.165, 1.54) is 0 Å². The minimum atomic E-state index is -0.209. The second kappa shape index (κ2) is 9.11. The van der Waals surface area contributed by atoms with Crippen LogP contribution in [0.15, 0.2) is 48.5 Å². The Morgan fingerprint density at radius 1 is 1.00 bits per heavy atom. The third kappa shape index (κ3) is 5.52. The molecule has 2 aromatic rings. The zero-order chi connectivity index (χ0) is 18.2. The molecule has 0 radical (unpaired) electrons. The van der Waals surface area contributed by atoms with Gasteiger partial charge in [0.15, 0.2) is 6.61 Å². The molecule has 1 unspecified atom stereocenters. The molecule has 0 aliphatic rings. The normalized spacial score (nSPS) is 11.9. The molecule has 0 bridgehead atoms. The zero-order valence-corrected chi connectivity index (χ0v) is 15.4. The topological polar surface area (TPSA) is 47.6 Å². The van der Waals surface area contributed by atoms with Crippen LogP contribution in [0.1, 0.15) is 45.6 Å². The van der Waals surface area contributed by atoms with Crippen LogP contribution in [0.4, 0.5) is 5.69 Å². The average molecular weight is 341 g/mol. The highest BCUT2D eigenvalue weighted by atomic mass is 16.5. The van der Waals surface area contributed by atoms with Crippen LogP contribution in [0.5, 0.6) is 11.5 Å². The Labute approximate surface area is 150 Å². The molecule has 2 rings (SSSR count). The number of anilines is 1. The van der Waals surface area contributed by atoms with E-state index in [9.17, 15) is 4.79 Å². The minimum absolute atomic E-state index is 0.0382. The predicted octanol–water partition coefficient (Wildman–Crippen LogP) is 5.00. The van der Waals surface area contributed by atoms with Gasteiger partial charge in [0.2, 0.25) is 0 Å². The number of carbonyl (C=O) groups is 1. The molecule has 1 amide bonds. The Kier molecular flexibility index (Phi) is 6.87. The molecular formula is C21H27NO3. The summed E-state index contributed by atoms with van der Waals surface area (Å²) >= 11 is 0. The van der Waals surface area contributed by atoms with Crippen LogP contribution in [-0.4, -0.2) is 18.6 Å². The number of amides is 1. The van der Waals surface area contributed by atoms with Gasteiger partial charge in [-0.2, -0.15) is 0 Å². The monoisotopic (exact) mass is 341 g/mol. The lowest BCUT2D eigenvalue weighted by molar-refractivity contribution is -0.118. The molecule has 1 atom stereocenters. The predicted molar refractivity (Wildman–Crippen MR) is 101 cm³/mol. The van der Waals surface area contributed by atoms with Crippen LogP contribution in [-0.2, 0) is 4.79 Å². The molecule has 0 saturated carbocycles. The van der Waals surface area contributed by atoms with Crippen molar-refractivity contribution < 1.29 is 14.3 Å². The smallest absolute Gasteiger partial charge is 0.262 e. The quantitative estimate of drug-likeness (QED) is 0.734. The molecule has 2 aromatic carbocycles. The van der Waals surface area contributed by atoms with Crippen LogP contribution in [0.2, 0.25) is 0 Å². The highest BCUT2D eigenvalue weighted by molar-refractivity contribution is 5.93.